The summed E-state index contributed by atoms with van der Waals surface area (Å²) in [5, 5.41) is 26.7. The summed E-state index contributed by atoms with van der Waals surface area (Å²) in [7, 11) is 0. The number of carbonyl (C=O) groups is 3. The SMILES string of the molecule is C[C@@H](O)[C@H](NC(=O)c1ccc(C#Cc2ccc(NC(=O)CNC(C)(C)C)cc2)cc1)C(=O)NO. The molecule has 9 nitrogen and oxygen atoms in total. The van der Waals surface area contributed by atoms with Crippen LogP contribution in [0.15, 0.2) is 48.5 Å². The molecule has 34 heavy (non-hydrogen) atoms. The lowest BCUT2D eigenvalue weighted by Crippen LogP contribution is -2.51. The average Bonchev–Trinajstić information content (AvgIpc) is 2.80. The monoisotopic (exact) mass is 466 g/mol. The van der Waals surface area contributed by atoms with Gasteiger partial charge in [-0.15, -0.1) is 0 Å². The number of carbonyl (C=O) groups excluding carboxylic acids is 3. The molecule has 0 aliphatic rings. The number of benzene rings is 2. The molecule has 2 aromatic carbocycles. The van der Waals surface area contributed by atoms with Crippen LogP contribution in [-0.2, 0) is 9.59 Å². The number of nitrogens with one attached hydrogen (secondary N) is 4. The van der Waals surface area contributed by atoms with Crippen LogP contribution in [0.25, 0.3) is 0 Å². The molecule has 0 unspecified atom stereocenters. The number of aliphatic hydroxyl groups is 1. The number of amides is 3. The maximum absolute atomic E-state index is 12.3. The molecule has 0 heterocycles. The van der Waals surface area contributed by atoms with Crippen LogP contribution in [0.2, 0.25) is 0 Å². The standard InChI is InChI=1S/C25H30N4O5/c1-16(30)22(24(33)29-34)28-23(32)19-11-7-17(8-12-19)5-6-18-9-13-20(14-10-18)27-21(31)15-26-25(2,3)4/h7-14,16,22,26,30,34H,15H2,1-4H3,(H,27,31)(H,28,32)(H,29,33)/t16-,22+/m1/s1. The normalized spacial score (nSPS) is 12.5. The van der Waals surface area contributed by atoms with E-state index in [4.69, 9.17) is 5.21 Å². The summed E-state index contributed by atoms with van der Waals surface area (Å²) in [4.78, 5) is 35.9. The second kappa shape index (κ2) is 12.0. The van der Waals surface area contributed by atoms with Gasteiger partial charge in [0, 0.05) is 27.9 Å². The van der Waals surface area contributed by atoms with E-state index in [0.717, 1.165) is 5.56 Å². The van der Waals surface area contributed by atoms with E-state index >= 15 is 0 Å². The summed E-state index contributed by atoms with van der Waals surface area (Å²) in [5.41, 5.74) is 3.63. The van der Waals surface area contributed by atoms with Gasteiger partial charge in [0.1, 0.15) is 6.04 Å². The molecule has 6 N–H and O–H groups in total. The zero-order valence-corrected chi connectivity index (χ0v) is 19.6. The molecule has 180 valence electrons. The Hall–Kier alpha value is -3.71. The summed E-state index contributed by atoms with van der Waals surface area (Å²) >= 11 is 0. The lowest BCUT2D eigenvalue weighted by atomic mass is 10.1. The van der Waals surface area contributed by atoms with Gasteiger partial charge in [0.15, 0.2) is 0 Å². The maximum Gasteiger partial charge on any atom is 0.268 e. The smallest absolute Gasteiger partial charge is 0.268 e. The summed E-state index contributed by atoms with van der Waals surface area (Å²) in [6.45, 7) is 7.50. The van der Waals surface area contributed by atoms with E-state index in [2.05, 4.69) is 27.8 Å². The number of hydrogen-bond acceptors (Lipinski definition) is 6. The molecule has 0 aliphatic carbocycles. The van der Waals surface area contributed by atoms with Gasteiger partial charge in [-0.25, -0.2) is 5.48 Å². The minimum absolute atomic E-state index is 0.130. The molecule has 0 aliphatic heterocycles. The fraction of sp³-hybridized carbons (Fsp3) is 0.320. The fourth-order valence-corrected chi connectivity index (χ4v) is 2.74. The van der Waals surface area contributed by atoms with Crippen LogP contribution in [0, 0.1) is 11.8 Å². The van der Waals surface area contributed by atoms with Gasteiger partial charge in [0.2, 0.25) is 5.91 Å². The van der Waals surface area contributed by atoms with Crippen LogP contribution in [0.4, 0.5) is 5.69 Å². The van der Waals surface area contributed by atoms with E-state index in [0.29, 0.717) is 11.3 Å². The van der Waals surface area contributed by atoms with Gasteiger partial charge in [-0.1, -0.05) is 11.8 Å². The van der Waals surface area contributed by atoms with Crippen LogP contribution in [0.5, 0.6) is 0 Å². The molecule has 2 aromatic rings. The number of aliphatic hydroxyl groups excluding tert-OH is 1. The maximum atomic E-state index is 12.3. The molecule has 2 atom stereocenters. The van der Waals surface area contributed by atoms with Gasteiger partial charge in [-0.2, -0.15) is 0 Å². The molecule has 0 radical (unpaired) electrons. The van der Waals surface area contributed by atoms with E-state index in [9.17, 15) is 19.5 Å². The number of hydroxylamine groups is 1. The highest BCUT2D eigenvalue weighted by atomic mass is 16.5. The van der Waals surface area contributed by atoms with Crippen molar-refractivity contribution in [1.82, 2.24) is 16.1 Å². The van der Waals surface area contributed by atoms with Gasteiger partial charge in [0.05, 0.1) is 12.6 Å². The van der Waals surface area contributed by atoms with Crippen molar-refractivity contribution in [3.63, 3.8) is 0 Å². The summed E-state index contributed by atoms with van der Waals surface area (Å²) < 4.78 is 0. The van der Waals surface area contributed by atoms with Crippen LogP contribution in [0.1, 0.15) is 49.2 Å². The van der Waals surface area contributed by atoms with Gasteiger partial charge >= 0.3 is 0 Å². The molecule has 0 aromatic heterocycles. The van der Waals surface area contributed by atoms with Gasteiger partial charge in [-0.3, -0.25) is 19.6 Å². The molecular formula is C25H30N4O5. The average molecular weight is 467 g/mol. The minimum Gasteiger partial charge on any atom is -0.391 e. The summed E-state index contributed by atoms with van der Waals surface area (Å²) in [5.74, 6) is 4.38. The van der Waals surface area contributed by atoms with E-state index in [-0.39, 0.29) is 23.6 Å². The highest BCUT2D eigenvalue weighted by Gasteiger charge is 2.25. The Morgan fingerprint density at radius 2 is 1.47 bits per heavy atom. The van der Waals surface area contributed by atoms with Crippen molar-refractivity contribution in [3.8, 4) is 11.8 Å². The first kappa shape index (κ1) is 26.5. The number of hydrogen-bond donors (Lipinski definition) is 6. The zero-order chi connectivity index (χ0) is 25.3. The Morgan fingerprint density at radius 3 is 1.94 bits per heavy atom. The van der Waals surface area contributed by atoms with E-state index in [1.165, 1.54) is 12.4 Å². The highest BCUT2D eigenvalue weighted by molar-refractivity contribution is 5.97. The Balaban J connectivity index is 1.97. The van der Waals surface area contributed by atoms with Crippen LogP contribution in [-0.4, -0.2) is 52.3 Å². The predicted molar refractivity (Wildman–Crippen MR) is 128 cm³/mol. The van der Waals surface area contributed by atoms with Gasteiger partial charge < -0.3 is 21.1 Å². The van der Waals surface area contributed by atoms with Crippen molar-refractivity contribution in [2.75, 3.05) is 11.9 Å². The third-order valence-electron chi connectivity index (χ3n) is 4.61. The number of rotatable bonds is 7. The zero-order valence-electron chi connectivity index (χ0n) is 19.6. The molecular weight excluding hydrogens is 436 g/mol. The van der Waals surface area contributed by atoms with E-state index in [1.807, 2.05) is 20.8 Å². The summed E-state index contributed by atoms with van der Waals surface area (Å²) in [6, 6.07) is 12.2. The van der Waals surface area contributed by atoms with Crippen LogP contribution in [0.3, 0.4) is 0 Å². The first-order valence-electron chi connectivity index (χ1n) is 10.7. The van der Waals surface area contributed by atoms with Crippen LogP contribution >= 0.6 is 0 Å². The second-order valence-corrected chi connectivity index (χ2v) is 8.72. The van der Waals surface area contributed by atoms with Gasteiger partial charge in [0.25, 0.3) is 11.8 Å². The van der Waals surface area contributed by atoms with Gasteiger partial charge in [-0.05, 0) is 76.2 Å². The molecule has 3 amide bonds. The second-order valence-electron chi connectivity index (χ2n) is 8.72. The van der Waals surface area contributed by atoms with Crippen molar-refractivity contribution in [2.24, 2.45) is 0 Å². The van der Waals surface area contributed by atoms with E-state index < -0.39 is 24.0 Å². The highest BCUT2D eigenvalue weighted by Crippen LogP contribution is 2.10. The largest absolute Gasteiger partial charge is 0.391 e. The van der Waals surface area contributed by atoms with Crippen molar-refractivity contribution < 1.29 is 24.7 Å². The molecule has 0 fully saturated rings. The van der Waals surface area contributed by atoms with Crippen LogP contribution < -0.4 is 21.4 Å². The lowest BCUT2D eigenvalue weighted by Gasteiger charge is -2.20. The molecule has 0 saturated heterocycles. The summed E-state index contributed by atoms with van der Waals surface area (Å²) in [6.07, 6.45) is -1.19. The van der Waals surface area contributed by atoms with E-state index in [1.54, 1.807) is 48.5 Å². The molecule has 9 heteroatoms. The van der Waals surface area contributed by atoms with Crippen molar-refractivity contribution in [1.29, 1.82) is 0 Å². The Labute approximate surface area is 198 Å². The van der Waals surface area contributed by atoms with Crippen molar-refractivity contribution >= 4 is 23.4 Å². The molecule has 0 saturated carbocycles. The fourth-order valence-electron chi connectivity index (χ4n) is 2.74. The third-order valence-corrected chi connectivity index (χ3v) is 4.61. The lowest BCUT2D eigenvalue weighted by molar-refractivity contribution is -0.133. The Bertz CT molecular complexity index is 1060. The Kier molecular flexibility index (Phi) is 9.33. The van der Waals surface area contributed by atoms with Crippen molar-refractivity contribution in [3.05, 3.63) is 65.2 Å². The topological polar surface area (TPSA) is 140 Å². The quantitative estimate of drug-likeness (QED) is 0.207. The first-order valence-corrected chi connectivity index (χ1v) is 10.7. The minimum atomic E-state index is -1.29. The molecule has 2 rings (SSSR count). The van der Waals surface area contributed by atoms with Crippen molar-refractivity contribution in [2.45, 2.75) is 45.4 Å². The molecule has 0 bridgehead atoms. The molecule has 0 spiro atoms. The first-order chi connectivity index (χ1) is 16.0. The number of anilines is 1. The predicted octanol–water partition coefficient (Wildman–Crippen LogP) is 1.40. The Morgan fingerprint density at radius 1 is 0.941 bits per heavy atom. The third kappa shape index (κ3) is 8.67.